The number of hydrogen-bond donors (Lipinski definition) is 3. The quantitative estimate of drug-likeness (QED) is 0.440. The van der Waals surface area contributed by atoms with Crippen LogP contribution >= 0.6 is 11.6 Å². The predicted octanol–water partition coefficient (Wildman–Crippen LogP) is 2.85. The number of hydrogen-bond acceptors (Lipinski definition) is 5. The topological polar surface area (TPSA) is 118 Å². The lowest BCUT2D eigenvalue weighted by atomic mass is 10.2. The average molecular weight is 476 g/mol. The van der Waals surface area contributed by atoms with Crippen LogP contribution in [-0.2, 0) is 27.9 Å². The fourth-order valence-electron chi connectivity index (χ4n) is 2.79. The summed E-state index contributed by atoms with van der Waals surface area (Å²) in [5.41, 5.74) is 0.829. The summed E-state index contributed by atoms with van der Waals surface area (Å²) in [5.74, 6) is -0.449. The first-order valence-corrected chi connectivity index (χ1v) is 11.6. The van der Waals surface area contributed by atoms with Gasteiger partial charge in [-0.05, 0) is 42.8 Å². The van der Waals surface area contributed by atoms with Crippen LogP contribution in [0.3, 0.4) is 0 Å². The lowest BCUT2D eigenvalue weighted by molar-refractivity contribution is -0.122. The van der Waals surface area contributed by atoms with Crippen molar-refractivity contribution >= 4 is 33.4 Å². The number of nitrogens with one attached hydrogen (secondary N) is 3. The Labute approximate surface area is 191 Å². The molecule has 2 aromatic carbocycles. The lowest BCUT2D eigenvalue weighted by Gasteiger charge is -2.15. The van der Waals surface area contributed by atoms with E-state index in [0.29, 0.717) is 5.76 Å². The van der Waals surface area contributed by atoms with Gasteiger partial charge in [0.15, 0.2) is 0 Å². The Hall–Kier alpha value is -3.14. The molecule has 0 saturated carbocycles. The first-order chi connectivity index (χ1) is 15.3. The molecule has 3 rings (SSSR count). The molecule has 1 unspecified atom stereocenters. The van der Waals surface area contributed by atoms with E-state index in [4.69, 9.17) is 16.0 Å². The average Bonchev–Trinajstić information content (AvgIpc) is 3.30. The molecule has 0 bridgehead atoms. The molecule has 168 valence electrons. The first-order valence-electron chi connectivity index (χ1n) is 9.70. The van der Waals surface area contributed by atoms with Gasteiger partial charge in [-0.15, -0.1) is 0 Å². The van der Waals surface area contributed by atoms with Gasteiger partial charge in [-0.2, -0.15) is 0 Å². The second-order valence-corrected chi connectivity index (χ2v) is 9.09. The zero-order valence-corrected chi connectivity index (χ0v) is 18.7. The van der Waals surface area contributed by atoms with Crippen molar-refractivity contribution < 1.29 is 22.4 Å². The minimum atomic E-state index is -3.98. The van der Waals surface area contributed by atoms with E-state index in [1.807, 2.05) is 6.07 Å². The van der Waals surface area contributed by atoms with Gasteiger partial charge in [0, 0.05) is 12.1 Å². The fourth-order valence-corrected chi connectivity index (χ4v) is 4.33. The molecule has 0 fully saturated rings. The third-order valence-corrected chi connectivity index (χ3v) is 6.43. The third-order valence-electron chi connectivity index (χ3n) is 4.55. The summed E-state index contributed by atoms with van der Waals surface area (Å²) < 4.78 is 33.1. The Morgan fingerprint density at radius 2 is 1.78 bits per heavy atom. The van der Waals surface area contributed by atoms with E-state index in [2.05, 4.69) is 15.4 Å². The summed E-state index contributed by atoms with van der Waals surface area (Å²) in [7, 11) is -3.98. The van der Waals surface area contributed by atoms with Gasteiger partial charge in [0.1, 0.15) is 16.7 Å². The van der Waals surface area contributed by atoms with Crippen LogP contribution in [0.2, 0.25) is 5.02 Å². The molecule has 1 heterocycles. The highest BCUT2D eigenvalue weighted by atomic mass is 35.5. The Balaban J connectivity index is 1.65. The van der Waals surface area contributed by atoms with Crippen LogP contribution in [0.25, 0.3) is 0 Å². The molecule has 3 aromatic rings. The molecular weight excluding hydrogens is 454 g/mol. The number of benzene rings is 2. The van der Waals surface area contributed by atoms with Gasteiger partial charge in [0.25, 0.3) is 5.91 Å². The van der Waals surface area contributed by atoms with Crippen molar-refractivity contribution in [1.82, 2.24) is 15.4 Å². The lowest BCUT2D eigenvalue weighted by Crippen LogP contribution is -2.44. The van der Waals surface area contributed by atoms with E-state index in [1.165, 1.54) is 31.4 Å². The van der Waals surface area contributed by atoms with Crippen LogP contribution in [0.5, 0.6) is 0 Å². The highest BCUT2D eigenvalue weighted by Crippen LogP contribution is 2.23. The Morgan fingerprint density at radius 3 is 2.47 bits per heavy atom. The van der Waals surface area contributed by atoms with Crippen molar-refractivity contribution in [3.05, 3.63) is 88.8 Å². The van der Waals surface area contributed by atoms with Gasteiger partial charge in [-0.1, -0.05) is 41.9 Å². The minimum absolute atomic E-state index is 0.0219. The molecule has 1 atom stereocenters. The van der Waals surface area contributed by atoms with Crippen molar-refractivity contribution in [2.75, 3.05) is 0 Å². The molecule has 0 aliphatic rings. The summed E-state index contributed by atoms with van der Waals surface area (Å²) in [4.78, 5) is 24.6. The van der Waals surface area contributed by atoms with E-state index >= 15 is 0 Å². The summed E-state index contributed by atoms with van der Waals surface area (Å²) >= 11 is 6.09. The molecule has 32 heavy (non-hydrogen) atoms. The number of carbonyl (C=O) groups excluding carboxylic acids is 2. The van der Waals surface area contributed by atoms with Crippen molar-refractivity contribution in [2.45, 2.75) is 31.0 Å². The summed E-state index contributed by atoms with van der Waals surface area (Å²) in [6, 6.07) is 15.5. The van der Waals surface area contributed by atoms with Gasteiger partial charge < -0.3 is 15.1 Å². The van der Waals surface area contributed by atoms with Crippen LogP contribution in [0.1, 0.15) is 28.6 Å². The Kier molecular flexibility index (Phi) is 7.68. The third kappa shape index (κ3) is 6.19. The van der Waals surface area contributed by atoms with Gasteiger partial charge in [-0.3, -0.25) is 9.59 Å². The second-order valence-electron chi connectivity index (χ2n) is 6.95. The van der Waals surface area contributed by atoms with Crippen molar-refractivity contribution in [3.63, 3.8) is 0 Å². The van der Waals surface area contributed by atoms with E-state index in [1.54, 1.807) is 36.4 Å². The summed E-state index contributed by atoms with van der Waals surface area (Å²) in [6.45, 7) is 1.77. The number of amides is 2. The van der Waals surface area contributed by atoms with Crippen LogP contribution in [0.15, 0.2) is 76.2 Å². The molecule has 2 amide bonds. The fraction of sp³-hybridized carbons (Fsp3) is 0.182. The van der Waals surface area contributed by atoms with Gasteiger partial charge in [0.05, 0.1) is 17.8 Å². The predicted molar refractivity (Wildman–Crippen MR) is 119 cm³/mol. The maximum atomic E-state index is 12.7. The molecule has 3 N–H and O–H groups in total. The summed E-state index contributed by atoms with van der Waals surface area (Å²) in [5, 5.41) is 5.16. The molecule has 0 spiro atoms. The molecular formula is C22H22ClN3O5S. The number of halogens is 1. The van der Waals surface area contributed by atoms with Gasteiger partial charge in [0.2, 0.25) is 15.9 Å². The van der Waals surface area contributed by atoms with E-state index in [0.717, 1.165) is 5.56 Å². The maximum Gasteiger partial charge on any atom is 0.251 e. The number of sulfonamides is 1. The molecule has 1 aromatic heterocycles. The zero-order valence-electron chi connectivity index (χ0n) is 17.2. The normalized spacial score (nSPS) is 12.2. The smallest absolute Gasteiger partial charge is 0.251 e. The molecule has 0 aliphatic heterocycles. The first kappa shape index (κ1) is 23.5. The molecule has 0 radical (unpaired) electrons. The van der Waals surface area contributed by atoms with E-state index in [-0.39, 0.29) is 28.6 Å². The second kappa shape index (κ2) is 10.4. The number of rotatable bonds is 9. The van der Waals surface area contributed by atoms with Crippen LogP contribution in [0.4, 0.5) is 0 Å². The van der Waals surface area contributed by atoms with Crippen molar-refractivity contribution in [1.29, 1.82) is 0 Å². The minimum Gasteiger partial charge on any atom is -0.467 e. The highest BCUT2D eigenvalue weighted by Gasteiger charge is 2.22. The van der Waals surface area contributed by atoms with Crippen molar-refractivity contribution in [3.8, 4) is 0 Å². The molecule has 0 aliphatic carbocycles. The van der Waals surface area contributed by atoms with Gasteiger partial charge in [-0.25, -0.2) is 13.1 Å². The van der Waals surface area contributed by atoms with Crippen molar-refractivity contribution in [2.24, 2.45) is 0 Å². The SMILES string of the molecule is CC(NC(=O)c1ccc(Cl)c(S(=O)(=O)NCc2ccccc2)c1)C(=O)NCc1ccco1. The van der Waals surface area contributed by atoms with E-state index < -0.39 is 27.9 Å². The van der Waals surface area contributed by atoms with Crippen LogP contribution in [-0.4, -0.2) is 26.3 Å². The highest BCUT2D eigenvalue weighted by molar-refractivity contribution is 7.89. The number of carbonyl (C=O) groups is 2. The monoisotopic (exact) mass is 475 g/mol. The molecule has 8 nitrogen and oxygen atoms in total. The number of furan rings is 1. The van der Waals surface area contributed by atoms with Gasteiger partial charge >= 0.3 is 0 Å². The largest absolute Gasteiger partial charge is 0.467 e. The molecule has 0 saturated heterocycles. The maximum absolute atomic E-state index is 12.7. The van der Waals surface area contributed by atoms with E-state index in [9.17, 15) is 18.0 Å². The summed E-state index contributed by atoms with van der Waals surface area (Å²) in [6.07, 6.45) is 1.49. The zero-order chi connectivity index (χ0) is 23.1. The Morgan fingerprint density at radius 1 is 1.03 bits per heavy atom. The standard InChI is InChI=1S/C22H22ClN3O5S/c1-15(21(27)24-14-18-8-5-11-31-18)26-22(28)17-9-10-19(23)20(12-17)32(29,30)25-13-16-6-3-2-4-7-16/h2-12,15,25H,13-14H2,1H3,(H,24,27)(H,26,28). The molecule has 10 heteroatoms. The Bertz CT molecular complexity index is 1180. The van der Waals surface area contributed by atoms with Crippen LogP contribution in [0, 0.1) is 0 Å². The van der Waals surface area contributed by atoms with Crippen LogP contribution < -0.4 is 15.4 Å².